The summed E-state index contributed by atoms with van der Waals surface area (Å²) in [7, 11) is 4.09. The van der Waals surface area contributed by atoms with Gasteiger partial charge in [0.15, 0.2) is 0 Å². The molecule has 1 aromatic carbocycles. The highest BCUT2D eigenvalue weighted by Crippen LogP contribution is 2.26. The normalized spacial score (nSPS) is 17.2. The van der Waals surface area contributed by atoms with Crippen molar-refractivity contribution in [3.05, 3.63) is 71.0 Å². The number of imide groups is 1. The molecule has 2 saturated heterocycles. The molecule has 0 bridgehead atoms. The molecule has 10 heteroatoms. The first-order chi connectivity index (χ1) is 18.4. The van der Waals surface area contributed by atoms with E-state index in [9.17, 15) is 9.59 Å². The van der Waals surface area contributed by atoms with Crippen molar-refractivity contribution in [3.63, 3.8) is 0 Å². The number of anilines is 2. The Bertz CT molecular complexity index is 1350. The summed E-state index contributed by atoms with van der Waals surface area (Å²) in [6, 6.07) is 14.4. The average molecular weight is 530 g/mol. The van der Waals surface area contributed by atoms with E-state index in [-0.39, 0.29) is 11.1 Å². The van der Waals surface area contributed by atoms with E-state index < -0.39 is 0 Å². The maximum Gasteiger partial charge on any atom is 0.290 e. The number of aromatic nitrogens is 3. The number of benzene rings is 1. The minimum absolute atomic E-state index is 0.354. The number of hydrogen-bond acceptors (Lipinski definition) is 9. The third-order valence-electron chi connectivity index (χ3n) is 6.73. The van der Waals surface area contributed by atoms with Crippen LogP contribution < -0.4 is 20.4 Å². The summed E-state index contributed by atoms with van der Waals surface area (Å²) in [5.41, 5.74) is 5.10. The van der Waals surface area contributed by atoms with Crippen LogP contribution in [0.2, 0.25) is 0 Å². The van der Waals surface area contributed by atoms with Crippen LogP contribution in [0.25, 0.3) is 17.3 Å². The molecular weight excluding hydrogens is 498 g/mol. The van der Waals surface area contributed by atoms with Crippen molar-refractivity contribution in [2.24, 2.45) is 5.92 Å². The van der Waals surface area contributed by atoms with E-state index in [1.807, 2.05) is 20.3 Å². The lowest BCUT2D eigenvalue weighted by atomic mass is 9.97. The summed E-state index contributed by atoms with van der Waals surface area (Å²) in [6.07, 6.45) is 7.31. The van der Waals surface area contributed by atoms with Crippen molar-refractivity contribution in [3.8, 4) is 11.3 Å². The molecule has 0 spiro atoms. The van der Waals surface area contributed by atoms with Crippen molar-refractivity contribution >= 4 is 40.6 Å². The lowest BCUT2D eigenvalue weighted by molar-refractivity contribution is -0.115. The molecule has 2 aromatic heterocycles. The van der Waals surface area contributed by atoms with Gasteiger partial charge in [-0.15, -0.1) is 0 Å². The van der Waals surface area contributed by atoms with Gasteiger partial charge in [0.25, 0.3) is 11.1 Å². The number of thioether (sulfide) groups is 1. The maximum absolute atomic E-state index is 11.8. The largest absolute Gasteiger partial charge is 0.378 e. The Morgan fingerprint density at radius 2 is 1.92 bits per heavy atom. The maximum atomic E-state index is 11.8. The van der Waals surface area contributed by atoms with Gasteiger partial charge in [0.1, 0.15) is 0 Å². The van der Waals surface area contributed by atoms with Gasteiger partial charge in [-0.3, -0.25) is 19.9 Å². The Kier molecular flexibility index (Phi) is 8.00. The molecule has 0 radical (unpaired) electrons. The number of carbonyl (C=O) groups is 2. The zero-order chi connectivity index (χ0) is 26.5. The number of carbonyl (C=O) groups excluding carboxylic acids is 2. The van der Waals surface area contributed by atoms with Gasteiger partial charge in [0.05, 0.1) is 16.3 Å². The number of hydrogen-bond donors (Lipinski definition) is 2. The van der Waals surface area contributed by atoms with Crippen molar-refractivity contribution in [1.29, 1.82) is 0 Å². The molecule has 0 unspecified atom stereocenters. The van der Waals surface area contributed by atoms with Gasteiger partial charge in [0.2, 0.25) is 5.95 Å². The number of pyridine rings is 1. The monoisotopic (exact) mass is 529 g/mol. The summed E-state index contributed by atoms with van der Waals surface area (Å²) in [5, 5.41) is 5.54. The van der Waals surface area contributed by atoms with Crippen molar-refractivity contribution < 1.29 is 9.59 Å². The highest BCUT2D eigenvalue weighted by Gasteiger charge is 2.25. The number of piperidine rings is 1. The zero-order valence-electron chi connectivity index (χ0n) is 21.6. The van der Waals surface area contributed by atoms with Gasteiger partial charge >= 0.3 is 0 Å². The summed E-state index contributed by atoms with van der Waals surface area (Å²) in [4.78, 5) is 41.5. The third-order valence-corrected chi connectivity index (χ3v) is 7.54. The molecular formula is C28H31N7O2S. The predicted octanol–water partition coefficient (Wildman–Crippen LogP) is 3.93. The number of nitrogens with one attached hydrogen (secondary N) is 2. The van der Waals surface area contributed by atoms with Crippen LogP contribution in [0.15, 0.2) is 59.8 Å². The van der Waals surface area contributed by atoms with Gasteiger partial charge in [0, 0.05) is 57.4 Å². The molecule has 0 atom stereocenters. The van der Waals surface area contributed by atoms with E-state index in [0.29, 0.717) is 22.5 Å². The zero-order valence-corrected chi connectivity index (χ0v) is 22.4. The second-order valence-corrected chi connectivity index (χ2v) is 10.7. The van der Waals surface area contributed by atoms with Gasteiger partial charge in [-0.05, 0) is 79.0 Å². The Morgan fingerprint density at radius 3 is 2.68 bits per heavy atom. The van der Waals surface area contributed by atoms with Gasteiger partial charge in [-0.1, -0.05) is 12.1 Å². The Balaban J connectivity index is 1.12. The molecule has 4 heterocycles. The van der Waals surface area contributed by atoms with Crippen LogP contribution in [0, 0.1) is 5.92 Å². The quantitative estimate of drug-likeness (QED) is 0.420. The fourth-order valence-electron chi connectivity index (χ4n) is 4.59. The topological polar surface area (TPSA) is 103 Å². The van der Waals surface area contributed by atoms with Crippen molar-refractivity contribution in [1.82, 2.24) is 25.6 Å². The molecule has 2 aliphatic rings. The van der Waals surface area contributed by atoms with E-state index in [1.165, 1.54) is 5.56 Å². The molecule has 0 saturated carbocycles. The number of rotatable bonds is 8. The SMILES string of the molecule is CN(C)c1cccc(-c2cc(CNCC3CCN(c4nccc(C=C5SC(=O)NC5=O)n4)CC3)ccn2)c1. The van der Waals surface area contributed by atoms with Gasteiger partial charge in [-0.2, -0.15) is 0 Å². The fourth-order valence-corrected chi connectivity index (χ4v) is 5.26. The van der Waals surface area contributed by atoms with Crippen LogP contribution in [0.4, 0.5) is 16.4 Å². The van der Waals surface area contributed by atoms with Gasteiger partial charge in [-0.25, -0.2) is 9.97 Å². The molecule has 0 aliphatic carbocycles. The number of nitrogens with zero attached hydrogens (tertiary/aromatic N) is 5. The molecule has 2 aliphatic heterocycles. The summed E-state index contributed by atoms with van der Waals surface area (Å²) in [5.74, 6) is 0.859. The Morgan fingerprint density at radius 1 is 1.11 bits per heavy atom. The van der Waals surface area contributed by atoms with Crippen molar-refractivity contribution in [2.45, 2.75) is 19.4 Å². The first-order valence-corrected chi connectivity index (χ1v) is 13.5. The molecule has 2 fully saturated rings. The van der Waals surface area contributed by atoms with E-state index >= 15 is 0 Å². The molecule has 5 rings (SSSR count). The van der Waals surface area contributed by atoms with E-state index in [1.54, 1.807) is 18.3 Å². The van der Waals surface area contributed by atoms with Crippen LogP contribution in [0.5, 0.6) is 0 Å². The molecule has 196 valence electrons. The third kappa shape index (κ3) is 6.38. The molecule has 38 heavy (non-hydrogen) atoms. The van der Waals surface area contributed by atoms with E-state index in [0.717, 1.165) is 67.7 Å². The smallest absolute Gasteiger partial charge is 0.290 e. The standard InChI is InChI=1S/C28H31N7O2S/c1-34(2)23-5-3-4-21(15-23)24-14-20(6-10-30-24)18-29-17-19-8-12-35(13-9-19)27-31-11-7-22(32-27)16-25-26(36)33-28(37)38-25/h3-7,10-11,14-16,19,29H,8-9,12-13,17-18H2,1-2H3,(H,33,36,37). The van der Waals surface area contributed by atoms with Crippen LogP contribution in [0.1, 0.15) is 24.1 Å². The fraction of sp³-hybridized carbons (Fsp3) is 0.321. The predicted molar refractivity (Wildman–Crippen MR) is 152 cm³/mol. The van der Waals surface area contributed by atoms with E-state index in [4.69, 9.17) is 0 Å². The first kappa shape index (κ1) is 25.9. The van der Waals surface area contributed by atoms with Crippen LogP contribution in [-0.4, -0.2) is 59.8 Å². The molecule has 2 N–H and O–H groups in total. The van der Waals surface area contributed by atoms with E-state index in [2.05, 4.69) is 71.8 Å². The van der Waals surface area contributed by atoms with Crippen molar-refractivity contribution in [2.75, 3.05) is 43.5 Å². The summed E-state index contributed by atoms with van der Waals surface area (Å²) >= 11 is 0.893. The lowest BCUT2D eigenvalue weighted by Gasteiger charge is -2.32. The second-order valence-electron chi connectivity index (χ2n) is 9.69. The molecule has 3 aromatic rings. The van der Waals surface area contributed by atoms with Crippen LogP contribution in [-0.2, 0) is 11.3 Å². The molecule has 9 nitrogen and oxygen atoms in total. The summed E-state index contributed by atoms with van der Waals surface area (Å²) < 4.78 is 0. The van der Waals surface area contributed by atoms with Crippen LogP contribution in [0.3, 0.4) is 0 Å². The lowest BCUT2D eigenvalue weighted by Crippen LogP contribution is -2.38. The number of amides is 2. The first-order valence-electron chi connectivity index (χ1n) is 12.7. The second kappa shape index (κ2) is 11.7. The Hall–Kier alpha value is -3.76. The Labute approximate surface area is 226 Å². The van der Waals surface area contributed by atoms with Crippen LogP contribution >= 0.6 is 11.8 Å². The van der Waals surface area contributed by atoms with Gasteiger partial charge < -0.3 is 15.1 Å². The minimum Gasteiger partial charge on any atom is -0.378 e. The average Bonchev–Trinajstić information content (AvgIpc) is 3.25. The summed E-state index contributed by atoms with van der Waals surface area (Å²) in [6.45, 7) is 3.51. The highest BCUT2D eigenvalue weighted by molar-refractivity contribution is 8.18. The minimum atomic E-state index is -0.380. The molecule has 2 amide bonds. The highest BCUT2D eigenvalue weighted by atomic mass is 32.2.